The van der Waals surface area contributed by atoms with Crippen molar-refractivity contribution >= 4 is 34.5 Å². The van der Waals surface area contributed by atoms with Crippen LogP contribution in [0.1, 0.15) is 9.62 Å². The minimum absolute atomic E-state index is 0.0593. The summed E-state index contributed by atoms with van der Waals surface area (Å²) in [6, 6.07) is 3.23. The van der Waals surface area contributed by atoms with Crippen LogP contribution in [0, 0.1) is 0 Å². The molecule has 1 aliphatic heterocycles. The van der Waals surface area contributed by atoms with Gasteiger partial charge >= 0.3 is 0 Å². The molecule has 1 aliphatic rings. The SMILES string of the molecule is O=c1ccc2c([nH]1)C(I)C=N2. The molecule has 0 radical (unpaired) electrons. The highest BCUT2D eigenvalue weighted by atomic mass is 127. The number of halogens is 1. The van der Waals surface area contributed by atoms with E-state index >= 15 is 0 Å². The summed E-state index contributed by atoms with van der Waals surface area (Å²) in [5.41, 5.74) is 1.73. The topological polar surface area (TPSA) is 45.2 Å². The van der Waals surface area contributed by atoms with E-state index in [0.717, 1.165) is 11.4 Å². The Morgan fingerprint density at radius 2 is 2.36 bits per heavy atom. The fraction of sp³-hybridized carbons (Fsp3) is 0.143. The number of H-pyrrole nitrogens is 1. The second kappa shape index (κ2) is 2.44. The van der Waals surface area contributed by atoms with Gasteiger partial charge in [0.05, 0.1) is 15.3 Å². The molecule has 0 amide bonds. The number of aliphatic imine (C=N–C) groups is 1. The van der Waals surface area contributed by atoms with Gasteiger partial charge < -0.3 is 4.98 Å². The molecule has 0 spiro atoms. The third-order valence-electron chi connectivity index (χ3n) is 1.55. The number of rotatable bonds is 0. The van der Waals surface area contributed by atoms with Crippen LogP contribution in [0.3, 0.4) is 0 Å². The van der Waals surface area contributed by atoms with Crippen LogP contribution in [0.2, 0.25) is 0 Å². The van der Waals surface area contributed by atoms with Crippen LogP contribution in [0.15, 0.2) is 21.9 Å². The number of fused-ring (bicyclic) bond motifs is 1. The van der Waals surface area contributed by atoms with Gasteiger partial charge in [0.15, 0.2) is 0 Å². The molecule has 1 unspecified atom stereocenters. The van der Waals surface area contributed by atoms with Crippen LogP contribution in [-0.4, -0.2) is 11.2 Å². The van der Waals surface area contributed by atoms with Crippen molar-refractivity contribution in [2.24, 2.45) is 4.99 Å². The largest absolute Gasteiger partial charge is 0.323 e. The number of hydrogen-bond donors (Lipinski definition) is 1. The van der Waals surface area contributed by atoms with Gasteiger partial charge in [-0.1, -0.05) is 22.6 Å². The number of aromatic amines is 1. The molecular formula is C7H5IN2O. The highest BCUT2D eigenvalue weighted by Crippen LogP contribution is 2.32. The fourth-order valence-electron chi connectivity index (χ4n) is 1.03. The van der Waals surface area contributed by atoms with Gasteiger partial charge in [-0.05, 0) is 6.07 Å². The van der Waals surface area contributed by atoms with E-state index in [2.05, 4.69) is 32.6 Å². The Kier molecular flexibility index (Phi) is 1.56. The lowest BCUT2D eigenvalue weighted by Gasteiger charge is -1.98. The lowest BCUT2D eigenvalue weighted by molar-refractivity contribution is 1.13. The molecule has 4 heteroatoms. The molecule has 0 fully saturated rings. The minimum atomic E-state index is -0.0593. The van der Waals surface area contributed by atoms with Crippen LogP contribution in [-0.2, 0) is 0 Å². The number of nitrogens with one attached hydrogen (secondary N) is 1. The zero-order chi connectivity index (χ0) is 7.84. The summed E-state index contributed by atoms with van der Waals surface area (Å²) < 4.78 is 0.219. The van der Waals surface area contributed by atoms with Crippen molar-refractivity contribution in [1.29, 1.82) is 0 Å². The van der Waals surface area contributed by atoms with Crippen LogP contribution < -0.4 is 5.56 Å². The third kappa shape index (κ3) is 1.11. The molecule has 0 saturated heterocycles. The van der Waals surface area contributed by atoms with E-state index in [1.54, 1.807) is 6.07 Å². The molecule has 0 bridgehead atoms. The molecule has 56 valence electrons. The van der Waals surface area contributed by atoms with Gasteiger partial charge in [0.1, 0.15) is 0 Å². The van der Waals surface area contributed by atoms with Gasteiger partial charge in [-0.15, -0.1) is 0 Å². The van der Waals surface area contributed by atoms with Crippen LogP contribution in [0.25, 0.3) is 0 Å². The normalized spacial score (nSPS) is 20.3. The molecule has 1 N–H and O–H groups in total. The Labute approximate surface area is 76.7 Å². The standard InChI is InChI=1S/C7H5IN2O/c8-4-3-9-5-1-2-6(11)10-7(4)5/h1-4H,(H,10,11). The third-order valence-corrected chi connectivity index (χ3v) is 2.49. The first-order valence-corrected chi connectivity index (χ1v) is 4.43. The van der Waals surface area contributed by atoms with Crippen molar-refractivity contribution in [3.05, 3.63) is 28.2 Å². The second-order valence-electron chi connectivity index (χ2n) is 2.30. The van der Waals surface area contributed by atoms with E-state index in [9.17, 15) is 4.79 Å². The molecule has 2 heterocycles. The van der Waals surface area contributed by atoms with Gasteiger partial charge in [0.25, 0.3) is 0 Å². The average molecular weight is 260 g/mol. The van der Waals surface area contributed by atoms with Crippen LogP contribution in [0.4, 0.5) is 5.69 Å². The summed E-state index contributed by atoms with van der Waals surface area (Å²) in [4.78, 5) is 17.7. The van der Waals surface area contributed by atoms with Gasteiger partial charge in [0, 0.05) is 12.3 Å². The van der Waals surface area contributed by atoms with Crippen molar-refractivity contribution in [1.82, 2.24) is 4.98 Å². The van der Waals surface area contributed by atoms with E-state index in [4.69, 9.17) is 0 Å². The Balaban J connectivity index is 2.67. The number of alkyl halides is 1. The number of nitrogens with zero attached hydrogens (tertiary/aromatic N) is 1. The lowest BCUT2D eigenvalue weighted by Crippen LogP contribution is -2.05. The van der Waals surface area contributed by atoms with E-state index in [0.29, 0.717) is 0 Å². The maximum atomic E-state index is 10.9. The molecule has 1 aromatic rings. The van der Waals surface area contributed by atoms with E-state index in [1.165, 1.54) is 6.07 Å². The van der Waals surface area contributed by atoms with Gasteiger partial charge in [-0.2, -0.15) is 0 Å². The predicted molar refractivity (Wildman–Crippen MR) is 52.0 cm³/mol. The van der Waals surface area contributed by atoms with Crippen molar-refractivity contribution in [2.75, 3.05) is 0 Å². The Morgan fingerprint density at radius 1 is 1.55 bits per heavy atom. The zero-order valence-corrected chi connectivity index (χ0v) is 7.70. The van der Waals surface area contributed by atoms with Gasteiger partial charge in [0.2, 0.25) is 5.56 Å². The first kappa shape index (κ1) is 7.02. The summed E-state index contributed by atoms with van der Waals surface area (Å²) in [5, 5.41) is 0. The molecular weight excluding hydrogens is 255 g/mol. The summed E-state index contributed by atoms with van der Waals surface area (Å²) in [6.45, 7) is 0. The highest BCUT2D eigenvalue weighted by Gasteiger charge is 2.15. The lowest BCUT2D eigenvalue weighted by atomic mass is 10.3. The molecule has 0 saturated carbocycles. The fourth-order valence-corrected chi connectivity index (χ4v) is 1.66. The quantitative estimate of drug-likeness (QED) is 0.558. The summed E-state index contributed by atoms with van der Waals surface area (Å²) in [5.74, 6) is 0. The molecule has 11 heavy (non-hydrogen) atoms. The maximum absolute atomic E-state index is 10.9. The summed E-state index contributed by atoms with van der Waals surface area (Å²) in [6.07, 6.45) is 1.82. The molecule has 1 atom stereocenters. The van der Waals surface area contributed by atoms with Crippen LogP contribution in [0.5, 0.6) is 0 Å². The average Bonchev–Trinajstić information content (AvgIpc) is 2.33. The number of hydrogen-bond acceptors (Lipinski definition) is 2. The highest BCUT2D eigenvalue weighted by molar-refractivity contribution is 14.1. The maximum Gasteiger partial charge on any atom is 0.248 e. The Hall–Kier alpha value is -0.650. The summed E-state index contributed by atoms with van der Waals surface area (Å²) >= 11 is 2.22. The van der Waals surface area contributed by atoms with Crippen molar-refractivity contribution in [3.8, 4) is 0 Å². The predicted octanol–water partition coefficient (Wildman–Crippen LogP) is 1.57. The smallest absolute Gasteiger partial charge is 0.248 e. The first-order chi connectivity index (χ1) is 5.27. The zero-order valence-electron chi connectivity index (χ0n) is 5.54. The van der Waals surface area contributed by atoms with Gasteiger partial charge in [-0.25, -0.2) is 0 Å². The molecule has 0 aromatic carbocycles. The number of aromatic nitrogens is 1. The van der Waals surface area contributed by atoms with Crippen molar-refractivity contribution in [3.63, 3.8) is 0 Å². The minimum Gasteiger partial charge on any atom is -0.323 e. The Morgan fingerprint density at radius 3 is 3.18 bits per heavy atom. The molecule has 0 aliphatic carbocycles. The van der Waals surface area contributed by atoms with Crippen LogP contribution >= 0.6 is 22.6 Å². The monoisotopic (exact) mass is 260 g/mol. The molecule has 2 rings (SSSR count). The second-order valence-corrected chi connectivity index (χ2v) is 3.64. The first-order valence-electron chi connectivity index (χ1n) is 3.19. The molecule has 3 nitrogen and oxygen atoms in total. The van der Waals surface area contributed by atoms with Crippen molar-refractivity contribution < 1.29 is 0 Å². The Bertz CT molecular complexity index is 369. The summed E-state index contributed by atoms with van der Waals surface area (Å²) in [7, 11) is 0. The van der Waals surface area contributed by atoms with E-state index in [-0.39, 0.29) is 9.48 Å². The van der Waals surface area contributed by atoms with E-state index in [1.807, 2.05) is 6.21 Å². The number of pyridine rings is 1. The molecule has 1 aromatic heterocycles. The van der Waals surface area contributed by atoms with Crippen molar-refractivity contribution in [2.45, 2.75) is 3.92 Å². The van der Waals surface area contributed by atoms with Gasteiger partial charge in [-0.3, -0.25) is 9.79 Å². The van der Waals surface area contributed by atoms with E-state index < -0.39 is 0 Å².